The maximum Gasteiger partial charge on any atom is 0.309 e. The third-order valence-electron chi connectivity index (χ3n) is 5.97. The molecule has 0 aromatic carbocycles. The number of carbonyl (C=O) groups excluding carboxylic acids is 2. The second-order valence-electron chi connectivity index (χ2n) is 7.61. The maximum atomic E-state index is 12.7. The normalized spacial score (nSPS) is 30.0. The van der Waals surface area contributed by atoms with E-state index in [1.54, 1.807) is 0 Å². The van der Waals surface area contributed by atoms with E-state index in [0.717, 1.165) is 12.3 Å². The fourth-order valence-corrected chi connectivity index (χ4v) is 4.08. The van der Waals surface area contributed by atoms with Crippen molar-refractivity contribution in [1.82, 2.24) is 10.2 Å². The van der Waals surface area contributed by atoms with Crippen LogP contribution in [0.1, 0.15) is 59.8 Å². The van der Waals surface area contributed by atoms with E-state index < -0.39 is 0 Å². The number of piperidine rings is 1. The number of esters is 1. The second kappa shape index (κ2) is 8.84. The van der Waals surface area contributed by atoms with E-state index in [-0.39, 0.29) is 23.8 Å². The highest BCUT2D eigenvalue weighted by Crippen LogP contribution is 2.30. The van der Waals surface area contributed by atoms with Crippen LogP contribution in [-0.4, -0.2) is 48.6 Å². The number of hydrogen-bond acceptors (Lipinski definition) is 4. The third-order valence-corrected chi connectivity index (χ3v) is 5.97. The predicted molar refractivity (Wildman–Crippen MR) is 94.5 cm³/mol. The molecule has 24 heavy (non-hydrogen) atoms. The number of hydrogen-bond donors (Lipinski definition) is 1. The molecule has 138 valence electrons. The van der Waals surface area contributed by atoms with Crippen molar-refractivity contribution in [3.8, 4) is 0 Å². The Kier molecular flexibility index (Phi) is 7.08. The van der Waals surface area contributed by atoms with Crippen molar-refractivity contribution in [2.75, 3.05) is 19.7 Å². The molecular formula is C19H34N2O3. The van der Waals surface area contributed by atoms with Gasteiger partial charge in [-0.1, -0.05) is 26.7 Å². The van der Waals surface area contributed by atoms with Gasteiger partial charge in [-0.05, 0) is 44.9 Å². The Hall–Kier alpha value is -1.10. The predicted octanol–water partition coefficient (Wildman–Crippen LogP) is 2.59. The lowest BCUT2D eigenvalue weighted by atomic mass is 9.78. The van der Waals surface area contributed by atoms with Gasteiger partial charge in [0.15, 0.2) is 0 Å². The van der Waals surface area contributed by atoms with Gasteiger partial charge in [0.25, 0.3) is 0 Å². The van der Waals surface area contributed by atoms with Crippen LogP contribution < -0.4 is 5.32 Å². The Bertz CT molecular complexity index is 432. The molecule has 0 aromatic heterocycles. The summed E-state index contributed by atoms with van der Waals surface area (Å²) in [5, 5.41) is 3.57. The van der Waals surface area contributed by atoms with Crippen LogP contribution in [0.15, 0.2) is 0 Å². The highest BCUT2D eigenvalue weighted by molar-refractivity contribution is 5.82. The van der Waals surface area contributed by atoms with E-state index in [1.807, 2.05) is 18.7 Å². The number of ether oxygens (including phenoxy) is 1. The first-order valence-corrected chi connectivity index (χ1v) is 9.65. The van der Waals surface area contributed by atoms with Crippen molar-refractivity contribution in [2.45, 2.75) is 71.9 Å². The molecule has 4 unspecified atom stereocenters. The molecule has 0 spiro atoms. The maximum absolute atomic E-state index is 12.7. The number of amides is 1. The number of likely N-dealkylation sites (tertiary alicyclic amines) is 1. The molecule has 1 aliphatic heterocycles. The summed E-state index contributed by atoms with van der Waals surface area (Å²) in [5.41, 5.74) is 0. The van der Waals surface area contributed by atoms with Crippen LogP contribution in [0.25, 0.3) is 0 Å². The molecule has 5 heteroatoms. The molecule has 0 aromatic rings. The Morgan fingerprint density at radius 1 is 1.17 bits per heavy atom. The largest absolute Gasteiger partial charge is 0.466 e. The Labute approximate surface area is 146 Å². The summed E-state index contributed by atoms with van der Waals surface area (Å²) >= 11 is 0. The highest BCUT2D eigenvalue weighted by atomic mass is 16.5. The van der Waals surface area contributed by atoms with Crippen LogP contribution >= 0.6 is 0 Å². The van der Waals surface area contributed by atoms with Gasteiger partial charge in [0, 0.05) is 19.1 Å². The molecule has 1 saturated heterocycles. The van der Waals surface area contributed by atoms with Crippen molar-refractivity contribution in [2.24, 2.45) is 17.8 Å². The molecule has 2 aliphatic rings. The molecule has 1 N–H and O–H groups in total. The summed E-state index contributed by atoms with van der Waals surface area (Å²) in [6.45, 7) is 10.2. The summed E-state index contributed by atoms with van der Waals surface area (Å²) < 4.78 is 5.09. The van der Waals surface area contributed by atoms with Gasteiger partial charge in [-0.15, -0.1) is 0 Å². The zero-order chi connectivity index (χ0) is 17.7. The molecule has 0 radical (unpaired) electrons. The highest BCUT2D eigenvalue weighted by Gasteiger charge is 2.33. The first-order valence-electron chi connectivity index (χ1n) is 9.65. The van der Waals surface area contributed by atoms with E-state index >= 15 is 0 Å². The zero-order valence-electron chi connectivity index (χ0n) is 15.7. The average molecular weight is 338 g/mol. The lowest BCUT2D eigenvalue weighted by Gasteiger charge is -2.38. The lowest BCUT2D eigenvalue weighted by Crippen LogP contribution is -2.53. The van der Waals surface area contributed by atoms with Crippen molar-refractivity contribution in [1.29, 1.82) is 0 Å². The van der Waals surface area contributed by atoms with Crippen molar-refractivity contribution >= 4 is 11.9 Å². The second-order valence-corrected chi connectivity index (χ2v) is 7.61. The minimum Gasteiger partial charge on any atom is -0.466 e. The van der Waals surface area contributed by atoms with Crippen LogP contribution in [0.3, 0.4) is 0 Å². The van der Waals surface area contributed by atoms with Gasteiger partial charge in [0.05, 0.1) is 18.6 Å². The molecule has 4 atom stereocenters. The van der Waals surface area contributed by atoms with Gasteiger partial charge in [-0.25, -0.2) is 0 Å². The SMILES string of the molecule is CCOC(=O)C1CCN(C(=O)C(C)NC2CCCC(C)C2C)CC1. The Morgan fingerprint density at radius 3 is 2.46 bits per heavy atom. The first-order chi connectivity index (χ1) is 11.4. The molecule has 2 fully saturated rings. The van der Waals surface area contributed by atoms with Crippen LogP contribution in [-0.2, 0) is 14.3 Å². The standard InChI is InChI=1S/C19H34N2O3/c1-5-24-19(23)16-9-11-21(12-10-16)18(22)15(4)20-17-8-6-7-13(2)14(17)3/h13-17,20H,5-12H2,1-4H3. The van der Waals surface area contributed by atoms with Crippen molar-refractivity contribution < 1.29 is 14.3 Å². The van der Waals surface area contributed by atoms with E-state index in [4.69, 9.17) is 4.74 Å². The summed E-state index contributed by atoms with van der Waals surface area (Å²) in [6.07, 6.45) is 5.13. The summed E-state index contributed by atoms with van der Waals surface area (Å²) in [7, 11) is 0. The Morgan fingerprint density at radius 2 is 1.83 bits per heavy atom. The smallest absolute Gasteiger partial charge is 0.309 e. The fraction of sp³-hybridized carbons (Fsp3) is 0.895. The van der Waals surface area contributed by atoms with Crippen LogP contribution in [0.2, 0.25) is 0 Å². The topological polar surface area (TPSA) is 58.6 Å². The minimum absolute atomic E-state index is 0.0449. The van der Waals surface area contributed by atoms with Gasteiger partial charge >= 0.3 is 5.97 Å². The molecule has 1 aliphatic carbocycles. The first kappa shape index (κ1) is 19.2. The number of carbonyl (C=O) groups is 2. The lowest BCUT2D eigenvalue weighted by molar-refractivity contribution is -0.151. The monoisotopic (exact) mass is 338 g/mol. The van der Waals surface area contributed by atoms with Gasteiger partial charge in [-0.2, -0.15) is 0 Å². The zero-order valence-corrected chi connectivity index (χ0v) is 15.7. The number of nitrogens with one attached hydrogen (secondary N) is 1. The van der Waals surface area contributed by atoms with E-state index in [0.29, 0.717) is 44.5 Å². The summed E-state index contributed by atoms with van der Waals surface area (Å²) in [5.74, 6) is 1.35. The summed E-state index contributed by atoms with van der Waals surface area (Å²) in [4.78, 5) is 26.4. The van der Waals surface area contributed by atoms with Gasteiger partial charge in [-0.3, -0.25) is 9.59 Å². The van der Waals surface area contributed by atoms with Crippen molar-refractivity contribution in [3.05, 3.63) is 0 Å². The van der Waals surface area contributed by atoms with Gasteiger partial charge in [0.1, 0.15) is 0 Å². The van der Waals surface area contributed by atoms with Gasteiger partial charge < -0.3 is 15.0 Å². The number of rotatable bonds is 5. The number of nitrogens with zero attached hydrogens (tertiary/aromatic N) is 1. The quantitative estimate of drug-likeness (QED) is 0.783. The summed E-state index contributed by atoms with van der Waals surface area (Å²) in [6, 6.07) is 0.284. The molecule has 2 rings (SSSR count). The van der Waals surface area contributed by atoms with Crippen LogP contribution in [0.4, 0.5) is 0 Å². The molecular weight excluding hydrogens is 304 g/mol. The molecule has 1 heterocycles. The Balaban J connectivity index is 1.80. The average Bonchev–Trinajstić information content (AvgIpc) is 2.58. The minimum atomic E-state index is -0.151. The van der Waals surface area contributed by atoms with E-state index in [2.05, 4.69) is 19.2 Å². The third kappa shape index (κ3) is 4.71. The van der Waals surface area contributed by atoms with Gasteiger partial charge in [0.2, 0.25) is 5.91 Å². The van der Waals surface area contributed by atoms with E-state index in [1.165, 1.54) is 12.8 Å². The molecule has 0 bridgehead atoms. The molecule has 1 amide bonds. The van der Waals surface area contributed by atoms with Crippen molar-refractivity contribution in [3.63, 3.8) is 0 Å². The van der Waals surface area contributed by atoms with Crippen LogP contribution in [0, 0.1) is 17.8 Å². The fourth-order valence-electron chi connectivity index (χ4n) is 4.08. The van der Waals surface area contributed by atoms with E-state index in [9.17, 15) is 9.59 Å². The molecule has 1 saturated carbocycles. The molecule has 5 nitrogen and oxygen atoms in total. The van der Waals surface area contributed by atoms with Crippen LogP contribution in [0.5, 0.6) is 0 Å².